The molecule has 0 atom stereocenters. The lowest BCUT2D eigenvalue weighted by Crippen LogP contribution is -2.40. The van der Waals surface area contributed by atoms with Crippen LogP contribution in [-0.4, -0.2) is 0 Å². The number of fused-ring (bicyclic) bond motifs is 1. The van der Waals surface area contributed by atoms with Gasteiger partial charge in [-0.15, -0.1) is 0 Å². The molecule has 0 radical (unpaired) electrons. The zero-order chi connectivity index (χ0) is 7.14. The molecule has 0 bridgehead atoms. The molecule has 0 N–H and O–H groups in total. The van der Waals surface area contributed by atoms with Gasteiger partial charge in [0.15, 0.2) is 0 Å². The largest absolute Gasteiger partial charge is 0.285 e. The molecule has 2 heteroatoms. The molecule has 1 aliphatic carbocycles. The fraction of sp³-hybridized carbons (Fsp3) is 0.250. The molecular weight excluding hydrogens is 128 g/mol. The molecule has 1 aromatic rings. The summed E-state index contributed by atoms with van der Waals surface area (Å²) < 4.78 is 0. The van der Waals surface area contributed by atoms with Gasteiger partial charge in [0.05, 0.1) is 0 Å². The van der Waals surface area contributed by atoms with E-state index in [1.807, 2.05) is 12.2 Å². The Hall–Kier alpha value is -1.18. The summed E-state index contributed by atoms with van der Waals surface area (Å²) in [5, 5.41) is 0. The van der Waals surface area contributed by atoms with E-state index < -0.39 is 0 Å². The molecule has 0 heterocycles. The third-order valence-corrected chi connectivity index (χ3v) is 1.93. The predicted molar refractivity (Wildman–Crippen MR) is 37.9 cm³/mol. The van der Waals surface area contributed by atoms with Crippen LogP contribution in [0, 0.1) is 0 Å². The Morgan fingerprint density at radius 3 is 1.70 bits per heavy atom. The summed E-state index contributed by atoms with van der Waals surface area (Å²) in [6.45, 7) is 0. The minimum atomic E-state index is -0.264. The molecule has 50 valence electrons. The molecule has 2 rings (SSSR count). The first-order valence-corrected chi connectivity index (χ1v) is 3.27. The summed E-state index contributed by atoms with van der Waals surface area (Å²) in [4.78, 5) is 21.5. The molecule has 0 unspecified atom stereocenters. The second kappa shape index (κ2) is 1.66. The van der Waals surface area contributed by atoms with Crippen molar-refractivity contribution in [3.05, 3.63) is 43.7 Å². The summed E-state index contributed by atoms with van der Waals surface area (Å²) in [7, 11) is 0. The van der Waals surface area contributed by atoms with E-state index in [9.17, 15) is 9.59 Å². The fourth-order valence-corrected chi connectivity index (χ4v) is 1.32. The molecule has 0 fully saturated rings. The van der Waals surface area contributed by atoms with Crippen LogP contribution in [0.5, 0.6) is 0 Å². The smallest absolute Gasteiger partial charge is 0.229 e. The van der Waals surface area contributed by atoms with Crippen LogP contribution in [0.3, 0.4) is 0 Å². The highest BCUT2D eigenvalue weighted by molar-refractivity contribution is 5.38. The van der Waals surface area contributed by atoms with Crippen molar-refractivity contribution in [2.45, 2.75) is 12.8 Å². The van der Waals surface area contributed by atoms with E-state index in [-0.39, 0.29) is 10.9 Å². The normalized spacial score (nSPS) is 15.6. The molecule has 1 aliphatic rings. The first kappa shape index (κ1) is 5.59. The van der Waals surface area contributed by atoms with Crippen molar-refractivity contribution in [3.8, 4) is 0 Å². The monoisotopic (exact) mass is 134 g/mol. The van der Waals surface area contributed by atoms with E-state index in [0.717, 1.165) is 11.1 Å². The van der Waals surface area contributed by atoms with Crippen LogP contribution in [0.25, 0.3) is 0 Å². The topological polar surface area (TPSA) is 34.1 Å². The molecule has 0 saturated carbocycles. The molecular formula is C8H6O2. The average molecular weight is 134 g/mol. The highest BCUT2D eigenvalue weighted by atomic mass is 16.2. The second-order valence-electron chi connectivity index (χ2n) is 2.50. The summed E-state index contributed by atoms with van der Waals surface area (Å²) in [5.74, 6) is 0. The Bertz CT molecular complexity index is 329. The predicted octanol–water partition coefficient (Wildman–Crippen LogP) is -0.0626. The Balaban J connectivity index is 2.63. The molecule has 2 nitrogen and oxygen atoms in total. The van der Waals surface area contributed by atoms with Crippen molar-refractivity contribution in [2.24, 2.45) is 0 Å². The first-order chi connectivity index (χ1) is 4.80. The van der Waals surface area contributed by atoms with Gasteiger partial charge in [-0.2, -0.15) is 0 Å². The highest BCUT2D eigenvalue weighted by Crippen LogP contribution is 2.09. The second-order valence-corrected chi connectivity index (χ2v) is 2.50. The minimum Gasteiger partial charge on any atom is -0.285 e. The standard InChI is InChI=1S/C8H6O2/c9-7-5-3-1-2-4-6(5)8(7)10/h1-2H,3-4H2. The lowest BCUT2D eigenvalue weighted by Gasteiger charge is -2.10. The van der Waals surface area contributed by atoms with E-state index in [4.69, 9.17) is 0 Å². The van der Waals surface area contributed by atoms with Crippen molar-refractivity contribution in [3.63, 3.8) is 0 Å². The van der Waals surface area contributed by atoms with Crippen LogP contribution in [0.1, 0.15) is 11.1 Å². The van der Waals surface area contributed by atoms with Crippen LogP contribution < -0.4 is 10.9 Å². The Kier molecular flexibility index (Phi) is 0.926. The molecule has 0 aliphatic heterocycles. The van der Waals surface area contributed by atoms with Gasteiger partial charge in [0, 0.05) is 11.1 Å². The molecule has 0 aromatic heterocycles. The number of allylic oxidation sites excluding steroid dienone is 2. The van der Waals surface area contributed by atoms with Crippen molar-refractivity contribution in [2.75, 3.05) is 0 Å². The lowest BCUT2D eigenvalue weighted by atomic mass is 9.91. The van der Waals surface area contributed by atoms with Crippen molar-refractivity contribution in [1.82, 2.24) is 0 Å². The van der Waals surface area contributed by atoms with Crippen LogP contribution in [-0.2, 0) is 12.8 Å². The summed E-state index contributed by atoms with van der Waals surface area (Å²) in [5.41, 5.74) is 0.957. The molecule has 0 spiro atoms. The summed E-state index contributed by atoms with van der Waals surface area (Å²) in [6, 6.07) is 0. The van der Waals surface area contributed by atoms with Gasteiger partial charge in [-0.3, -0.25) is 9.59 Å². The number of hydrogen-bond acceptors (Lipinski definition) is 2. The van der Waals surface area contributed by atoms with Gasteiger partial charge in [0.2, 0.25) is 10.9 Å². The maximum Gasteiger partial charge on any atom is 0.229 e. The molecule has 0 amide bonds. The SMILES string of the molecule is O=c1c2c(c1=O)CC=CC2. The van der Waals surface area contributed by atoms with Gasteiger partial charge in [-0.25, -0.2) is 0 Å². The quantitative estimate of drug-likeness (QED) is 0.368. The molecule has 10 heavy (non-hydrogen) atoms. The maximum atomic E-state index is 10.8. The number of rotatable bonds is 0. The first-order valence-electron chi connectivity index (χ1n) is 3.27. The summed E-state index contributed by atoms with van der Waals surface area (Å²) >= 11 is 0. The Morgan fingerprint density at radius 2 is 1.30 bits per heavy atom. The third-order valence-electron chi connectivity index (χ3n) is 1.93. The van der Waals surface area contributed by atoms with Crippen LogP contribution in [0.15, 0.2) is 21.7 Å². The maximum absolute atomic E-state index is 10.8. The van der Waals surface area contributed by atoms with Crippen LogP contribution in [0.2, 0.25) is 0 Å². The zero-order valence-corrected chi connectivity index (χ0v) is 5.39. The van der Waals surface area contributed by atoms with E-state index in [1.54, 1.807) is 0 Å². The van der Waals surface area contributed by atoms with Crippen LogP contribution in [0.4, 0.5) is 0 Å². The number of hydrogen-bond donors (Lipinski definition) is 0. The molecule has 1 aromatic carbocycles. The Morgan fingerprint density at radius 1 is 0.900 bits per heavy atom. The van der Waals surface area contributed by atoms with Gasteiger partial charge in [-0.1, -0.05) is 12.2 Å². The van der Waals surface area contributed by atoms with Gasteiger partial charge < -0.3 is 0 Å². The summed E-state index contributed by atoms with van der Waals surface area (Å²) in [6.07, 6.45) is 5.20. The van der Waals surface area contributed by atoms with E-state index in [0.29, 0.717) is 12.8 Å². The Labute approximate surface area is 57.5 Å². The van der Waals surface area contributed by atoms with Crippen LogP contribution >= 0.6 is 0 Å². The van der Waals surface area contributed by atoms with Gasteiger partial charge in [0.1, 0.15) is 0 Å². The van der Waals surface area contributed by atoms with Gasteiger partial charge in [0.25, 0.3) is 0 Å². The van der Waals surface area contributed by atoms with E-state index in [2.05, 4.69) is 0 Å². The lowest BCUT2D eigenvalue weighted by molar-refractivity contribution is 1.00. The van der Waals surface area contributed by atoms with E-state index in [1.165, 1.54) is 0 Å². The van der Waals surface area contributed by atoms with Crippen molar-refractivity contribution < 1.29 is 0 Å². The molecule has 0 saturated heterocycles. The van der Waals surface area contributed by atoms with Gasteiger partial charge in [-0.05, 0) is 12.8 Å². The zero-order valence-electron chi connectivity index (χ0n) is 5.39. The fourth-order valence-electron chi connectivity index (χ4n) is 1.32. The average Bonchev–Trinajstić information content (AvgIpc) is 2.03. The van der Waals surface area contributed by atoms with Gasteiger partial charge >= 0.3 is 0 Å². The highest BCUT2D eigenvalue weighted by Gasteiger charge is 2.19. The van der Waals surface area contributed by atoms with Crippen molar-refractivity contribution in [1.29, 1.82) is 0 Å². The van der Waals surface area contributed by atoms with E-state index >= 15 is 0 Å². The third kappa shape index (κ3) is 0.485. The minimum absolute atomic E-state index is 0.264. The van der Waals surface area contributed by atoms with Crippen molar-refractivity contribution >= 4 is 0 Å².